The smallest absolute Gasteiger partial charge is 0.251 e. The van der Waals surface area contributed by atoms with Gasteiger partial charge >= 0.3 is 0 Å². The number of ether oxygens (including phenoxy) is 1. The number of aromatic nitrogens is 1. The van der Waals surface area contributed by atoms with Gasteiger partial charge in [-0.15, -0.1) is 0 Å². The van der Waals surface area contributed by atoms with E-state index in [1.165, 1.54) is 12.8 Å². The fourth-order valence-corrected chi connectivity index (χ4v) is 4.37. The van der Waals surface area contributed by atoms with E-state index in [4.69, 9.17) is 16.3 Å². The first-order valence-corrected chi connectivity index (χ1v) is 10.6. The molecule has 1 amide bonds. The second kappa shape index (κ2) is 9.57. The third-order valence-electron chi connectivity index (χ3n) is 5.67. The SMILES string of the molecule is O=C(NCC(c1cccnc1)N1CCOCC1)c1ccc(N2CCCC2)c(Cl)c1. The molecule has 1 aromatic heterocycles. The number of pyridine rings is 1. The average Bonchev–Trinajstić information content (AvgIpc) is 3.30. The standard InChI is InChI=1S/C22H27ClN4O2/c23-19-14-17(5-6-20(19)26-8-1-2-9-26)22(28)25-16-21(18-4-3-7-24-15-18)27-10-12-29-13-11-27/h3-7,14-15,21H,1-2,8-13,16H2,(H,25,28). The van der Waals surface area contributed by atoms with Gasteiger partial charge in [0, 0.05) is 50.7 Å². The third kappa shape index (κ3) is 4.89. The highest BCUT2D eigenvalue weighted by Crippen LogP contribution is 2.29. The van der Waals surface area contributed by atoms with E-state index >= 15 is 0 Å². The number of carbonyl (C=O) groups excluding carboxylic acids is 1. The minimum absolute atomic E-state index is 0.0656. The Hall–Kier alpha value is -2.15. The molecule has 3 heterocycles. The number of anilines is 1. The van der Waals surface area contributed by atoms with Crippen LogP contribution >= 0.6 is 11.6 Å². The van der Waals surface area contributed by atoms with Gasteiger partial charge in [-0.2, -0.15) is 0 Å². The molecular weight excluding hydrogens is 388 g/mol. The van der Waals surface area contributed by atoms with Crippen molar-refractivity contribution in [2.45, 2.75) is 18.9 Å². The maximum atomic E-state index is 12.8. The number of nitrogens with zero attached hydrogens (tertiary/aromatic N) is 3. The van der Waals surface area contributed by atoms with Crippen LogP contribution in [0.2, 0.25) is 5.02 Å². The highest BCUT2D eigenvalue weighted by Gasteiger charge is 2.24. The molecule has 1 unspecified atom stereocenters. The molecule has 1 aromatic carbocycles. The van der Waals surface area contributed by atoms with E-state index < -0.39 is 0 Å². The zero-order valence-corrected chi connectivity index (χ0v) is 17.3. The summed E-state index contributed by atoms with van der Waals surface area (Å²) in [5.41, 5.74) is 2.70. The number of hydrogen-bond donors (Lipinski definition) is 1. The first-order valence-electron chi connectivity index (χ1n) is 10.3. The summed E-state index contributed by atoms with van der Waals surface area (Å²) in [4.78, 5) is 21.7. The van der Waals surface area contributed by atoms with Gasteiger partial charge in [-0.1, -0.05) is 17.7 Å². The van der Waals surface area contributed by atoms with Crippen LogP contribution in [0.5, 0.6) is 0 Å². The normalized spacial score (nSPS) is 18.6. The maximum Gasteiger partial charge on any atom is 0.251 e. The quantitative estimate of drug-likeness (QED) is 0.786. The van der Waals surface area contributed by atoms with Gasteiger partial charge in [0.15, 0.2) is 0 Å². The summed E-state index contributed by atoms with van der Waals surface area (Å²) in [6.45, 7) is 5.65. The van der Waals surface area contributed by atoms with Crippen LogP contribution in [-0.4, -0.2) is 61.7 Å². The Labute approximate surface area is 176 Å². The zero-order valence-electron chi connectivity index (χ0n) is 16.5. The van der Waals surface area contributed by atoms with Crippen LogP contribution in [0.15, 0.2) is 42.7 Å². The molecule has 2 saturated heterocycles. The number of halogens is 1. The summed E-state index contributed by atoms with van der Waals surface area (Å²) in [7, 11) is 0. The molecule has 29 heavy (non-hydrogen) atoms. The van der Waals surface area contributed by atoms with Gasteiger partial charge in [0.2, 0.25) is 0 Å². The number of rotatable bonds is 6. The molecule has 2 aliphatic heterocycles. The van der Waals surface area contributed by atoms with Gasteiger partial charge < -0.3 is 15.0 Å². The molecule has 1 atom stereocenters. The average molecular weight is 415 g/mol. The monoisotopic (exact) mass is 414 g/mol. The highest BCUT2D eigenvalue weighted by atomic mass is 35.5. The Balaban J connectivity index is 1.44. The Morgan fingerprint density at radius 1 is 1.17 bits per heavy atom. The summed E-state index contributed by atoms with van der Waals surface area (Å²) in [6, 6.07) is 9.66. The van der Waals surface area contributed by atoms with Crippen molar-refractivity contribution in [1.82, 2.24) is 15.2 Å². The van der Waals surface area contributed by atoms with Crippen LogP contribution in [0.25, 0.3) is 0 Å². The Morgan fingerprint density at radius 2 is 1.97 bits per heavy atom. The van der Waals surface area contributed by atoms with E-state index in [0.29, 0.717) is 30.3 Å². The lowest BCUT2D eigenvalue weighted by atomic mass is 10.1. The van der Waals surface area contributed by atoms with Gasteiger partial charge in [-0.3, -0.25) is 14.7 Å². The van der Waals surface area contributed by atoms with E-state index in [2.05, 4.69) is 26.2 Å². The minimum atomic E-state index is -0.109. The molecule has 0 saturated carbocycles. The number of nitrogens with one attached hydrogen (secondary N) is 1. The van der Waals surface area contributed by atoms with Crippen molar-refractivity contribution in [3.8, 4) is 0 Å². The van der Waals surface area contributed by atoms with Crippen molar-refractivity contribution in [3.63, 3.8) is 0 Å². The van der Waals surface area contributed by atoms with Gasteiger partial charge in [0.05, 0.1) is 30.0 Å². The summed E-state index contributed by atoms with van der Waals surface area (Å²) >= 11 is 6.48. The van der Waals surface area contributed by atoms with Crippen LogP contribution in [-0.2, 0) is 4.74 Å². The number of morpholine rings is 1. The van der Waals surface area contributed by atoms with E-state index in [1.54, 1.807) is 12.3 Å². The largest absolute Gasteiger partial charge is 0.379 e. The first-order chi connectivity index (χ1) is 14.2. The highest BCUT2D eigenvalue weighted by molar-refractivity contribution is 6.33. The lowest BCUT2D eigenvalue weighted by Gasteiger charge is -2.34. The molecule has 7 heteroatoms. The van der Waals surface area contributed by atoms with Gasteiger partial charge in [-0.05, 0) is 42.7 Å². The van der Waals surface area contributed by atoms with E-state index in [9.17, 15) is 4.79 Å². The van der Waals surface area contributed by atoms with E-state index in [0.717, 1.165) is 37.4 Å². The minimum Gasteiger partial charge on any atom is -0.379 e. The maximum absolute atomic E-state index is 12.8. The predicted octanol–water partition coefficient (Wildman–Crippen LogP) is 3.14. The van der Waals surface area contributed by atoms with Crippen LogP contribution in [0.1, 0.15) is 34.8 Å². The first kappa shape index (κ1) is 20.1. The molecular formula is C22H27ClN4O2. The molecule has 2 aromatic rings. The summed E-state index contributed by atoms with van der Waals surface area (Å²) in [5.74, 6) is -0.109. The van der Waals surface area contributed by atoms with Crippen LogP contribution in [0, 0.1) is 0 Å². The summed E-state index contributed by atoms with van der Waals surface area (Å²) in [6.07, 6.45) is 6.02. The molecule has 154 valence electrons. The van der Waals surface area contributed by atoms with Crippen molar-refractivity contribution in [2.75, 3.05) is 50.8 Å². The number of hydrogen-bond acceptors (Lipinski definition) is 5. The number of carbonyl (C=O) groups is 1. The van der Waals surface area contributed by atoms with E-state index in [-0.39, 0.29) is 11.9 Å². The summed E-state index contributed by atoms with van der Waals surface area (Å²) < 4.78 is 5.48. The Morgan fingerprint density at radius 3 is 2.66 bits per heavy atom. The molecule has 2 fully saturated rings. The fraction of sp³-hybridized carbons (Fsp3) is 0.455. The molecule has 6 nitrogen and oxygen atoms in total. The van der Waals surface area contributed by atoms with Crippen molar-refractivity contribution in [2.24, 2.45) is 0 Å². The Kier molecular flexibility index (Phi) is 6.64. The predicted molar refractivity (Wildman–Crippen MR) is 115 cm³/mol. The molecule has 2 aliphatic rings. The molecule has 1 N–H and O–H groups in total. The van der Waals surface area contributed by atoms with Crippen LogP contribution in [0.3, 0.4) is 0 Å². The lowest BCUT2D eigenvalue weighted by molar-refractivity contribution is 0.0161. The molecule has 0 radical (unpaired) electrons. The van der Waals surface area contributed by atoms with E-state index in [1.807, 2.05) is 24.4 Å². The van der Waals surface area contributed by atoms with Crippen LogP contribution in [0.4, 0.5) is 5.69 Å². The summed E-state index contributed by atoms with van der Waals surface area (Å²) in [5, 5.41) is 3.73. The molecule has 4 rings (SSSR count). The number of amides is 1. The van der Waals surface area contributed by atoms with Crippen LogP contribution < -0.4 is 10.2 Å². The van der Waals surface area contributed by atoms with Crippen molar-refractivity contribution in [1.29, 1.82) is 0 Å². The zero-order chi connectivity index (χ0) is 20.1. The van der Waals surface area contributed by atoms with Gasteiger partial charge in [0.1, 0.15) is 0 Å². The van der Waals surface area contributed by atoms with Crippen molar-refractivity contribution < 1.29 is 9.53 Å². The van der Waals surface area contributed by atoms with Gasteiger partial charge in [-0.25, -0.2) is 0 Å². The third-order valence-corrected chi connectivity index (χ3v) is 5.97. The molecule has 0 aliphatic carbocycles. The van der Waals surface area contributed by atoms with Gasteiger partial charge in [0.25, 0.3) is 5.91 Å². The molecule has 0 spiro atoms. The fourth-order valence-electron chi connectivity index (χ4n) is 4.07. The lowest BCUT2D eigenvalue weighted by Crippen LogP contribution is -2.43. The second-order valence-electron chi connectivity index (χ2n) is 7.52. The number of benzene rings is 1. The second-order valence-corrected chi connectivity index (χ2v) is 7.93. The topological polar surface area (TPSA) is 57.7 Å². The van der Waals surface area contributed by atoms with Crippen molar-refractivity contribution in [3.05, 3.63) is 58.9 Å². The molecule has 0 bridgehead atoms. The Bertz CT molecular complexity index is 821. The van der Waals surface area contributed by atoms with Crippen molar-refractivity contribution >= 4 is 23.2 Å².